The molecule has 0 bridgehead atoms. The molecular formula is C9H6F3N3O3. The second-order valence-electron chi connectivity index (χ2n) is 3.22. The molecule has 6 nitrogen and oxygen atoms in total. The van der Waals surface area contributed by atoms with Crippen LogP contribution in [0.4, 0.5) is 13.2 Å². The molecule has 96 valence electrons. The zero-order valence-corrected chi connectivity index (χ0v) is 8.69. The highest BCUT2D eigenvalue weighted by Gasteiger charge is 2.28. The van der Waals surface area contributed by atoms with Crippen LogP contribution in [0.2, 0.25) is 0 Å². The monoisotopic (exact) mass is 261 g/mol. The number of aromatic nitrogens is 3. The van der Waals surface area contributed by atoms with E-state index in [1.165, 1.54) is 18.3 Å². The summed E-state index contributed by atoms with van der Waals surface area (Å²) in [6.45, 7) is -1.41. The van der Waals surface area contributed by atoms with Crippen LogP contribution in [0.15, 0.2) is 27.6 Å². The SMILES string of the molecule is O=c1[nH]c(-c2cc(OCC(F)(F)F)ccn2)no1. The van der Waals surface area contributed by atoms with Gasteiger partial charge in [0.15, 0.2) is 6.61 Å². The van der Waals surface area contributed by atoms with Gasteiger partial charge in [0.2, 0.25) is 5.82 Å². The second kappa shape index (κ2) is 4.51. The summed E-state index contributed by atoms with van der Waals surface area (Å²) >= 11 is 0. The molecule has 0 unspecified atom stereocenters. The van der Waals surface area contributed by atoms with Crippen LogP contribution >= 0.6 is 0 Å². The third kappa shape index (κ3) is 3.09. The summed E-state index contributed by atoms with van der Waals surface area (Å²) in [5.41, 5.74) is 0.139. The lowest BCUT2D eigenvalue weighted by Gasteiger charge is -2.08. The van der Waals surface area contributed by atoms with Crippen LogP contribution in [-0.2, 0) is 0 Å². The van der Waals surface area contributed by atoms with E-state index >= 15 is 0 Å². The number of pyridine rings is 1. The Balaban J connectivity index is 2.18. The second-order valence-corrected chi connectivity index (χ2v) is 3.22. The minimum Gasteiger partial charge on any atom is -0.484 e. The van der Waals surface area contributed by atoms with Crippen LogP contribution in [0.25, 0.3) is 11.5 Å². The Morgan fingerprint density at radius 2 is 2.22 bits per heavy atom. The van der Waals surface area contributed by atoms with E-state index in [1.807, 2.05) is 0 Å². The largest absolute Gasteiger partial charge is 0.484 e. The molecule has 0 saturated carbocycles. The number of rotatable bonds is 3. The van der Waals surface area contributed by atoms with Gasteiger partial charge in [-0.15, -0.1) is 0 Å². The lowest BCUT2D eigenvalue weighted by Crippen LogP contribution is -2.19. The topological polar surface area (TPSA) is 81.0 Å². The molecule has 2 aromatic rings. The Hall–Kier alpha value is -2.32. The predicted octanol–water partition coefficient (Wildman–Crippen LogP) is 1.37. The minimum atomic E-state index is -4.42. The fourth-order valence-corrected chi connectivity index (χ4v) is 1.14. The van der Waals surface area contributed by atoms with E-state index in [9.17, 15) is 18.0 Å². The summed E-state index contributed by atoms with van der Waals surface area (Å²) in [4.78, 5) is 16.7. The molecule has 0 amide bonds. The Bertz CT molecular complexity index is 590. The van der Waals surface area contributed by atoms with Gasteiger partial charge in [0.1, 0.15) is 11.4 Å². The fourth-order valence-electron chi connectivity index (χ4n) is 1.14. The lowest BCUT2D eigenvalue weighted by molar-refractivity contribution is -0.153. The third-order valence-electron chi connectivity index (χ3n) is 1.82. The number of ether oxygens (including phenoxy) is 1. The molecule has 0 aliphatic carbocycles. The van der Waals surface area contributed by atoms with Crippen LogP contribution in [0.3, 0.4) is 0 Å². The van der Waals surface area contributed by atoms with Crippen LogP contribution in [-0.4, -0.2) is 27.9 Å². The van der Waals surface area contributed by atoms with Crippen molar-refractivity contribution in [2.45, 2.75) is 6.18 Å². The summed E-state index contributed by atoms with van der Waals surface area (Å²) in [7, 11) is 0. The molecule has 0 fully saturated rings. The van der Waals surface area contributed by atoms with E-state index in [1.54, 1.807) is 0 Å². The van der Waals surface area contributed by atoms with Gasteiger partial charge >= 0.3 is 11.9 Å². The van der Waals surface area contributed by atoms with Crippen molar-refractivity contribution < 1.29 is 22.4 Å². The maximum atomic E-state index is 12.0. The first-order chi connectivity index (χ1) is 8.44. The molecule has 0 aliphatic heterocycles. The number of aromatic amines is 1. The first-order valence-corrected chi connectivity index (χ1v) is 4.66. The fraction of sp³-hybridized carbons (Fsp3) is 0.222. The molecule has 0 aliphatic rings. The van der Waals surface area contributed by atoms with Gasteiger partial charge in [-0.1, -0.05) is 5.16 Å². The Morgan fingerprint density at radius 3 is 2.83 bits per heavy atom. The number of halogens is 3. The van der Waals surface area contributed by atoms with E-state index in [0.29, 0.717) is 0 Å². The van der Waals surface area contributed by atoms with Crippen molar-refractivity contribution in [2.24, 2.45) is 0 Å². The zero-order chi connectivity index (χ0) is 13.2. The summed E-state index contributed by atoms with van der Waals surface area (Å²) in [5, 5.41) is 3.35. The quantitative estimate of drug-likeness (QED) is 0.902. The Morgan fingerprint density at radius 1 is 1.44 bits per heavy atom. The van der Waals surface area contributed by atoms with Crippen LogP contribution in [0, 0.1) is 0 Å². The van der Waals surface area contributed by atoms with Crippen molar-refractivity contribution in [3.63, 3.8) is 0 Å². The Kier molecular flexibility index (Phi) is 3.04. The number of H-pyrrole nitrogens is 1. The van der Waals surface area contributed by atoms with Gasteiger partial charge < -0.3 is 4.74 Å². The molecule has 0 radical (unpaired) electrons. The minimum absolute atomic E-state index is 0.0115. The average Bonchev–Trinajstić information content (AvgIpc) is 2.73. The average molecular weight is 261 g/mol. The molecule has 0 atom stereocenters. The van der Waals surface area contributed by atoms with Crippen molar-refractivity contribution in [1.82, 2.24) is 15.1 Å². The molecular weight excluding hydrogens is 255 g/mol. The molecule has 2 heterocycles. The van der Waals surface area contributed by atoms with E-state index in [-0.39, 0.29) is 17.3 Å². The standard InChI is InChI=1S/C9H6F3N3O3/c10-9(11,12)4-17-5-1-2-13-6(3-5)7-14-8(16)18-15-7/h1-3H,4H2,(H,14,15,16). The molecule has 2 aromatic heterocycles. The number of nitrogens with one attached hydrogen (secondary N) is 1. The normalized spacial score (nSPS) is 11.5. The molecule has 18 heavy (non-hydrogen) atoms. The molecule has 0 aromatic carbocycles. The highest BCUT2D eigenvalue weighted by atomic mass is 19.4. The van der Waals surface area contributed by atoms with E-state index in [2.05, 4.69) is 24.4 Å². The van der Waals surface area contributed by atoms with Gasteiger partial charge in [-0.05, 0) is 6.07 Å². The lowest BCUT2D eigenvalue weighted by atomic mass is 10.3. The van der Waals surface area contributed by atoms with Crippen LogP contribution in [0.5, 0.6) is 5.75 Å². The molecule has 2 rings (SSSR count). The zero-order valence-electron chi connectivity index (χ0n) is 8.69. The van der Waals surface area contributed by atoms with Gasteiger partial charge in [-0.3, -0.25) is 14.5 Å². The number of hydrogen-bond acceptors (Lipinski definition) is 5. The third-order valence-corrected chi connectivity index (χ3v) is 1.82. The smallest absolute Gasteiger partial charge is 0.439 e. The molecule has 9 heteroatoms. The van der Waals surface area contributed by atoms with Crippen molar-refractivity contribution in [2.75, 3.05) is 6.61 Å². The van der Waals surface area contributed by atoms with Crippen LogP contribution in [0.1, 0.15) is 0 Å². The van der Waals surface area contributed by atoms with Gasteiger partial charge in [-0.2, -0.15) is 13.2 Å². The van der Waals surface area contributed by atoms with Gasteiger partial charge in [-0.25, -0.2) is 4.79 Å². The Labute approximate surface area is 97.4 Å². The maximum absolute atomic E-state index is 12.0. The highest BCUT2D eigenvalue weighted by Crippen LogP contribution is 2.21. The maximum Gasteiger partial charge on any atom is 0.439 e. The predicted molar refractivity (Wildman–Crippen MR) is 51.9 cm³/mol. The first-order valence-electron chi connectivity index (χ1n) is 4.66. The first kappa shape index (κ1) is 12.1. The van der Waals surface area contributed by atoms with Crippen molar-refractivity contribution >= 4 is 0 Å². The van der Waals surface area contributed by atoms with Crippen molar-refractivity contribution in [1.29, 1.82) is 0 Å². The van der Waals surface area contributed by atoms with Gasteiger partial charge in [0.05, 0.1) is 0 Å². The molecule has 0 saturated heterocycles. The number of alkyl halides is 3. The summed E-state index contributed by atoms with van der Waals surface area (Å²) in [6.07, 6.45) is -3.19. The molecule has 1 N–H and O–H groups in total. The number of hydrogen-bond donors (Lipinski definition) is 1. The number of nitrogens with zero attached hydrogens (tertiary/aromatic N) is 2. The summed E-state index contributed by atoms with van der Waals surface area (Å²) in [6, 6.07) is 2.47. The summed E-state index contributed by atoms with van der Waals surface area (Å²) in [5.74, 6) is -0.813. The van der Waals surface area contributed by atoms with E-state index in [0.717, 1.165) is 0 Å². The van der Waals surface area contributed by atoms with E-state index < -0.39 is 18.5 Å². The highest BCUT2D eigenvalue weighted by molar-refractivity contribution is 5.50. The van der Waals surface area contributed by atoms with Crippen molar-refractivity contribution in [3.8, 4) is 17.3 Å². The van der Waals surface area contributed by atoms with Gasteiger partial charge in [0.25, 0.3) is 0 Å². The molecule has 0 spiro atoms. The summed E-state index contributed by atoms with van der Waals surface area (Å²) < 4.78 is 44.6. The van der Waals surface area contributed by atoms with E-state index in [4.69, 9.17) is 0 Å². The van der Waals surface area contributed by atoms with Gasteiger partial charge in [0, 0.05) is 12.3 Å². The van der Waals surface area contributed by atoms with Crippen LogP contribution < -0.4 is 10.5 Å². The van der Waals surface area contributed by atoms with Crippen molar-refractivity contribution in [3.05, 3.63) is 28.9 Å².